The maximum absolute atomic E-state index is 11.6. The summed E-state index contributed by atoms with van der Waals surface area (Å²) < 4.78 is 10.1. The number of pyridine rings is 1. The third-order valence-corrected chi connectivity index (χ3v) is 3.54. The molecule has 110 valence electrons. The monoisotopic (exact) mass is 365 g/mol. The molecule has 2 rings (SSSR count). The Morgan fingerprint density at radius 1 is 1.05 bits per heavy atom. The Morgan fingerprint density at radius 3 is 2.24 bits per heavy atom. The molecule has 0 N–H and O–H groups in total. The van der Waals surface area contributed by atoms with Crippen LogP contribution >= 0.6 is 46.4 Å². The smallest absolute Gasteiger partial charge is 0.358 e. The molecule has 2 aromatic rings. The van der Waals surface area contributed by atoms with Crippen molar-refractivity contribution in [1.82, 2.24) is 4.98 Å². The van der Waals surface area contributed by atoms with Gasteiger partial charge in [0.15, 0.2) is 5.69 Å². The predicted octanol–water partition coefficient (Wildman–Crippen LogP) is 5.27. The van der Waals surface area contributed by atoms with E-state index in [4.69, 9.17) is 51.1 Å². The molecule has 21 heavy (non-hydrogen) atoms. The van der Waals surface area contributed by atoms with Crippen molar-refractivity contribution in [2.45, 2.75) is 0 Å². The number of nitrogens with zero attached hydrogens (tertiary/aromatic N) is 1. The highest BCUT2D eigenvalue weighted by atomic mass is 35.5. The van der Waals surface area contributed by atoms with Crippen LogP contribution in [0.1, 0.15) is 10.5 Å². The highest BCUT2D eigenvalue weighted by molar-refractivity contribution is 6.43. The molecule has 1 aromatic carbocycles. The standard InChI is InChI=1S/C13H7Cl4NO3/c1-20-13(19)12-11(17)9(16)5-10(18-12)21-8-3-6(14)2-7(15)4-8/h2-5H,1H3. The number of rotatable bonds is 3. The molecule has 0 fully saturated rings. The topological polar surface area (TPSA) is 48.4 Å². The van der Waals surface area contributed by atoms with E-state index in [0.717, 1.165) is 0 Å². The third-order valence-electron chi connectivity index (χ3n) is 2.33. The quantitative estimate of drug-likeness (QED) is 0.694. The van der Waals surface area contributed by atoms with Crippen LogP contribution in [-0.2, 0) is 4.74 Å². The third kappa shape index (κ3) is 3.92. The van der Waals surface area contributed by atoms with Gasteiger partial charge in [0, 0.05) is 16.1 Å². The van der Waals surface area contributed by atoms with E-state index in [1.807, 2.05) is 0 Å². The summed E-state index contributed by atoms with van der Waals surface area (Å²) in [4.78, 5) is 15.5. The van der Waals surface area contributed by atoms with Gasteiger partial charge in [0.05, 0.1) is 17.2 Å². The first-order valence-corrected chi connectivity index (χ1v) is 7.00. The number of hydrogen-bond donors (Lipinski definition) is 0. The summed E-state index contributed by atoms with van der Waals surface area (Å²) in [6.07, 6.45) is 0. The molecule has 0 unspecified atom stereocenters. The van der Waals surface area contributed by atoms with Crippen LogP contribution in [0, 0.1) is 0 Å². The molecule has 0 aliphatic rings. The second-order valence-corrected chi connectivity index (χ2v) is 5.46. The summed E-state index contributed by atoms with van der Waals surface area (Å²) in [6, 6.07) is 5.99. The van der Waals surface area contributed by atoms with Crippen molar-refractivity contribution < 1.29 is 14.3 Å². The fourth-order valence-electron chi connectivity index (χ4n) is 1.47. The first-order valence-electron chi connectivity index (χ1n) is 5.49. The van der Waals surface area contributed by atoms with Gasteiger partial charge in [-0.15, -0.1) is 0 Å². The Bertz CT molecular complexity index is 686. The van der Waals surface area contributed by atoms with Gasteiger partial charge in [0.2, 0.25) is 5.88 Å². The molecule has 0 aliphatic carbocycles. The largest absolute Gasteiger partial charge is 0.464 e. The van der Waals surface area contributed by atoms with Crippen LogP contribution in [0.25, 0.3) is 0 Å². The molecule has 1 heterocycles. The summed E-state index contributed by atoms with van der Waals surface area (Å²) in [5, 5.41) is 0.881. The lowest BCUT2D eigenvalue weighted by Gasteiger charge is -2.09. The zero-order valence-electron chi connectivity index (χ0n) is 10.5. The molecule has 8 heteroatoms. The number of carbonyl (C=O) groups is 1. The number of benzene rings is 1. The van der Waals surface area contributed by atoms with Gasteiger partial charge in [-0.2, -0.15) is 0 Å². The fourth-order valence-corrected chi connectivity index (χ4v) is 2.33. The lowest BCUT2D eigenvalue weighted by Crippen LogP contribution is -2.06. The average molecular weight is 367 g/mol. The summed E-state index contributed by atoms with van der Waals surface area (Å²) >= 11 is 23.6. The van der Waals surface area contributed by atoms with Crippen molar-refractivity contribution in [3.63, 3.8) is 0 Å². The fraction of sp³-hybridized carbons (Fsp3) is 0.0769. The highest BCUT2D eigenvalue weighted by Gasteiger charge is 2.18. The summed E-state index contributed by atoms with van der Waals surface area (Å²) in [5.41, 5.74) is -0.144. The van der Waals surface area contributed by atoms with Gasteiger partial charge in [-0.1, -0.05) is 46.4 Å². The highest BCUT2D eigenvalue weighted by Crippen LogP contribution is 2.32. The van der Waals surface area contributed by atoms with Crippen LogP contribution in [0.3, 0.4) is 0 Å². The average Bonchev–Trinajstić information content (AvgIpc) is 2.40. The van der Waals surface area contributed by atoms with Crippen LogP contribution in [0.15, 0.2) is 24.3 Å². The SMILES string of the molecule is COC(=O)c1nc(Oc2cc(Cl)cc(Cl)c2)cc(Cl)c1Cl. The Kier molecular flexibility index (Phi) is 5.17. The Morgan fingerprint density at radius 2 is 1.67 bits per heavy atom. The Balaban J connectivity index is 2.40. The molecule has 0 aliphatic heterocycles. The normalized spacial score (nSPS) is 10.3. The molecule has 0 spiro atoms. The van der Waals surface area contributed by atoms with Crippen LogP contribution in [0.2, 0.25) is 20.1 Å². The van der Waals surface area contributed by atoms with Crippen LogP contribution < -0.4 is 4.74 Å². The summed E-state index contributed by atoms with van der Waals surface area (Å²) in [7, 11) is 1.21. The number of carbonyl (C=O) groups excluding carboxylic acids is 1. The minimum Gasteiger partial charge on any atom is -0.464 e. The zero-order valence-corrected chi connectivity index (χ0v) is 13.5. The molecule has 1 aromatic heterocycles. The van der Waals surface area contributed by atoms with Gasteiger partial charge in [-0.05, 0) is 18.2 Å². The molecule has 0 saturated heterocycles. The van der Waals surface area contributed by atoms with E-state index in [9.17, 15) is 4.79 Å². The first-order chi connectivity index (χ1) is 9.90. The molecule has 0 radical (unpaired) electrons. The lowest BCUT2D eigenvalue weighted by atomic mass is 10.3. The van der Waals surface area contributed by atoms with Crippen LogP contribution in [-0.4, -0.2) is 18.1 Å². The molecular weight excluding hydrogens is 360 g/mol. The van der Waals surface area contributed by atoms with Crippen molar-refractivity contribution in [2.24, 2.45) is 0 Å². The van der Waals surface area contributed by atoms with Gasteiger partial charge in [0.1, 0.15) is 5.75 Å². The maximum Gasteiger partial charge on any atom is 0.358 e. The Hall–Kier alpha value is -1.20. The van der Waals surface area contributed by atoms with Gasteiger partial charge >= 0.3 is 5.97 Å². The van der Waals surface area contributed by atoms with Gasteiger partial charge in [-0.25, -0.2) is 9.78 Å². The van der Waals surface area contributed by atoms with E-state index in [-0.39, 0.29) is 21.6 Å². The van der Waals surface area contributed by atoms with Gasteiger partial charge in [0.25, 0.3) is 0 Å². The molecule has 0 bridgehead atoms. The lowest BCUT2D eigenvalue weighted by molar-refractivity contribution is 0.0593. The van der Waals surface area contributed by atoms with Crippen molar-refractivity contribution in [3.05, 3.63) is 50.0 Å². The Labute approximate surface area is 140 Å². The van der Waals surface area contributed by atoms with Gasteiger partial charge < -0.3 is 9.47 Å². The van der Waals surface area contributed by atoms with E-state index < -0.39 is 5.97 Å². The predicted molar refractivity (Wildman–Crippen MR) is 82.1 cm³/mol. The van der Waals surface area contributed by atoms with Crippen LogP contribution in [0.5, 0.6) is 11.6 Å². The molecular formula is C13H7Cl4NO3. The number of aromatic nitrogens is 1. The van der Waals surface area contributed by atoms with Crippen LogP contribution in [0.4, 0.5) is 0 Å². The second-order valence-electron chi connectivity index (χ2n) is 3.80. The van der Waals surface area contributed by atoms with Crippen molar-refractivity contribution in [2.75, 3.05) is 7.11 Å². The number of hydrogen-bond acceptors (Lipinski definition) is 4. The van der Waals surface area contributed by atoms with E-state index in [1.54, 1.807) is 6.07 Å². The number of esters is 1. The van der Waals surface area contributed by atoms with Crippen molar-refractivity contribution >= 4 is 52.4 Å². The van der Waals surface area contributed by atoms with E-state index in [0.29, 0.717) is 15.8 Å². The van der Waals surface area contributed by atoms with E-state index in [2.05, 4.69) is 9.72 Å². The second kappa shape index (κ2) is 6.71. The van der Waals surface area contributed by atoms with Gasteiger partial charge in [-0.3, -0.25) is 0 Å². The zero-order chi connectivity index (χ0) is 15.6. The minimum absolute atomic E-state index is 0.0139. The number of methoxy groups -OCH3 is 1. The van der Waals surface area contributed by atoms with Crippen molar-refractivity contribution in [1.29, 1.82) is 0 Å². The summed E-state index contributed by atoms with van der Waals surface area (Å²) in [6.45, 7) is 0. The number of halogens is 4. The maximum atomic E-state index is 11.6. The molecule has 0 amide bonds. The molecule has 0 saturated carbocycles. The summed E-state index contributed by atoms with van der Waals surface area (Å²) in [5.74, 6) is -0.325. The first kappa shape index (κ1) is 16.2. The minimum atomic E-state index is -0.725. The molecule has 4 nitrogen and oxygen atoms in total. The molecule has 0 atom stereocenters. The van der Waals surface area contributed by atoms with E-state index >= 15 is 0 Å². The van der Waals surface area contributed by atoms with E-state index in [1.165, 1.54) is 25.3 Å². The number of ether oxygens (including phenoxy) is 2. The van der Waals surface area contributed by atoms with Crippen molar-refractivity contribution in [3.8, 4) is 11.6 Å².